The van der Waals surface area contributed by atoms with E-state index in [0.29, 0.717) is 12.8 Å². The largest absolute Gasteiger partial charge is 0.394 e. The highest BCUT2D eigenvalue weighted by Crippen LogP contribution is 2.23. The molecule has 9 heteroatoms. The Morgan fingerprint density at radius 3 is 1.47 bits per heavy atom. The lowest BCUT2D eigenvalue weighted by molar-refractivity contribution is -0.302. The first kappa shape index (κ1) is 56.7. The third-order valence-corrected chi connectivity index (χ3v) is 12.3. The first-order chi connectivity index (χ1) is 29.3. The van der Waals surface area contributed by atoms with Gasteiger partial charge in [0.1, 0.15) is 24.4 Å². The summed E-state index contributed by atoms with van der Waals surface area (Å²) in [7, 11) is 0. The normalized spacial score (nSPS) is 20.7. The highest BCUT2D eigenvalue weighted by atomic mass is 16.7. The molecule has 0 aromatic heterocycles. The van der Waals surface area contributed by atoms with Crippen LogP contribution in [0.1, 0.15) is 239 Å². The lowest BCUT2D eigenvalue weighted by atomic mass is 9.99. The van der Waals surface area contributed by atoms with Crippen LogP contribution in [0, 0.1) is 0 Å². The summed E-state index contributed by atoms with van der Waals surface area (Å²) in [4.78, 5) is 13.0. The van der Waals surface area contributed by atoms with E-state index >= 15 is 0 Å². The summed E-state index contributed by atoms with van der Waals surface area (Å²) in [6.45, 7) is 3.82. The third kappa shape index (κ3) is 31.5. The molecule has 0 bridgehead atoms. The van der Waals surface area contributed by atoms with Gasteiger partial charge in [-0.05, 0) is 44.9 Å². The van der Waals surface area contributed by atoms with Crippen molar-refractivity contribution in [1.82, 2.24) is 5.32 Å². The zero-order chi connectivity index (χ0) is 43.7. The first-order valence-corrected chi connectivity index (χ1v) is 25.5. The lowest BCUT2D eigenvalue weighted by Crippen LogP contribution is -2.60. The molecule has 1 aliphatic rings. The number of aliphatic hydroxyl groups is 5. The van der Waals surface area contributed by atoms with Crippen molar-refractivity contribution in [1.29, 1.82) is 0 Å². The number of amides is 1. The molecule has 1 aliphatic heterocycles. The van der Waals surface area contributed by atoms with Gasteiger partial charge in [0, 0.05) is 6.42 Å². The summed E-state index contributed by atoms with van der Waals surface area (Å²) in [6.07, 6.45) is 43.3. The smallest absolute Gasteiger partial charge is 0.220 e. The van der Waals surface area contributed by atoms with Crippen molar-refractivity contribution in [3.8, 4) is 0 Å². The summed E-state index contributed by atoms with van der Waals surface area (Å²) in [5.41, 5.74) is 0. The van der Waals surface area contributed by atoms with Crippen LogP contribution < -0.4 is 5.32 Å². The van der Waals surface area contributed by atoms with Crippen LogP contribution in [0.5, 0.6) is 0 Å². The average molecular weight is 852 g/mol. The van der Waals surface area contributed by atoms with E-state index in [0.717, 1.165) is 51.4 Å². The fourth-order valence-corrected chi connectivity index (χ4v) is 8.19. The zero-order valence-corrected chi connectivity index (χ0v) is 39.0. The second kappa shape index (κ2) is 41.7. The number of hydrogen-bond acceptors (Lipinski definition) is 8. The number of allylic oxidation sites excluding steroid dienone is 4. The third-order valence-electron chi connectivity index (χ3n) is 12.3. The molecule has 0 spiro atoms. The SMILES string of the molecule is CCCCC/C=C\C/C=C\CCCCCCCCCC(=O)NC(COC1OC(CO)C(O)C(O)C1O)C(O)CCCCCCCCCCCCCCCCCCCCCC. The second-order valence-electron chi connectivity index (χ2n) is 18.0. The van der Waals surface area contributed by atoms with Gasteiger partial charge in [-0.3, -0.25) is 4.79 Å². The van der Waals surface area contributed by atoms with Gasteiger partial charge in [-0.1, -0.05) is 212 Å². The van der Waals surface area contributed by atoms with Crippen LogP contribution >= 0.6 is 0 Å². The van der Waals surface area contributed by atoms with Crippen LogP contribution in [0.25, 0.3) is 0 Å². The van der Waals surface area contributed by atoms with Crippen molar-refractivity contribution in [2.45, 2.75) is 281 Å². The molecule has 1 fully saturated rings. The maximum absolute atomic E-state index is 13.0. The van der Waals surface area contributed by atoms with E-state index < -0.39 is 49.5 Å². The predicted molar refractivity (Wildman–Crippen MR) is 249 cm³/mol. The van der Waals surface area contributed by atoms with E-state index in [9.17, 15) is 30.3 Å². The first-order valence-electron chi connectivity index (χ1n) is 25.5. The Morgan fingerprint density at radius 1 is 0.567 bits per heavy atom. The highest BCUT2D eigenvalue weighted by Gasteiger charge is 2.44. The van der Waals surface area contributed by atoms with Gasteiger partial charge in [0.2, 0.25) is 5.91 Å². The minimum atomic E-state index is -1.55. The minimum absolute atomic E-state index is 0.139. The molecule has 1 saturated heterocycles. The Labute approximate surface area is 369 Å². The van der Waals surface area contributed by atoms with Gasteiger partial charge in [-0.15, -0.1) is 0 Å². The van der Waals surface area contributed by atoms with Gasteiger partial charge in [-0.25, -0.2) is 0 Å². The molecule has 1 heterocycles. The van der Waals surface area contributed by atoms with Crippen LogP contribution in [-0.2, 0) is 14.3 Å². The van der Waals surface area contributed by atoms with Gasteiger partial charge in [-0.2, -0.15) is 0 Å². The molecular weight excluding hydrogens is 755 g/mol. The standard InChI is InChI=1S/C51H97NO8/c1-3-5-7-9-11-13-15-17-19-21-22-23-25-26-28-30-32-34-36-38-40-45(54)44(43-59-51-50(58)49(57)48(56)46(42-53)60-51)52-47(55)41-39-37-35-33-31-29-27-24-20-18-16-14-12-10-8-6-4-2/h12,14,18,20,44-46,48-51,53-54,56-58H,3-11,13,15-17,19,21-43H2,1-2H3,(H,52,55)/b14-12-,20-18-. The van der Waals surface area contributed by atoms with Crippen LogP contribution in [-0.4, -0.2) is 87.5 Å². The molecule has 354 valence electrons. The monoisotopic (exact) mass is 852 g/mol. The average Bonchev–Trinajstić information content (AvgIpc) is 3.25. The van der Waals surface area contributed by atoms with Crippen LogP contribution in [0.4, 0.5) is 0 Å². The number of hydrogen-bond donors (Lipinski definition) is 6. The number of rotatable bonds is 43. The molecule has 6 N–H and O–H groups in total. The van der Waals surface area contributed by atoms with Crippen molar-refractivity contribution in [2.24, 2.45) is 0 Å². The molecule has 7 unspecified atom stereocenters. The Balaban J connectivity index is 2.28. The van der Waals surface area contributed by atoms with E-state index in [1.165, 1.54) is 161 Å². The second-order valence-corrected chi connectivity index (χ2v) is 18.0. The van der Waals surface area contributed by atoms with E-state index in [2.05, 4.69) is 43.5 Å². The van der Waals surface area contributed by atoms with Crippen molar-refractivity contribution in [3.63, 3.8) is 0 Å². The molecule has 60 heavy (non-hydrogen) atoms. The van der Waals surface area contributed by atoms with E-state index in [-0.39, 0.29) is 12.5 Å². The van der Waals surface area contributed by atoms with Gasteiger partial charge in [0.15, 0.2) is 6.29 Å². The fourth-order valence-electron chi connectivity index (χ4n) is 8.19. The van der Waals surface area contributed by atoms with Crippen LogP contribution in [0.15, 0.2) is 24.3 Å². The molecule has 9 nitrogen and oxygen atoms in total. The van der Waals surface area contributed by atoms with E-state index in [1.54, 1.807) is 0 Å². The maximum Gasteiger partial charge on any atom is 0.220 e. The number of carbonyl (C=O) groups is 1. The van der Waals surface area contributed by atoms with Crippen LogP contribution in [0.3, 0.4) is 0 Å². The van der Waals surface area contributed by atoms with Crippen molar-refractivity contribution < 1.29 is 39.8 Å². The summed E-state index contributed by atoms with van der Waals surface area (Å²) in [6, 6.07) is -0.721. The number of unbranched alkanes of at least 4 members (excludes halogenated alkanes) is 29. The van der Waals surface area contributed by atoms with Gasteiger partial charge < -0.3 is 40.3 Å². The number of ether oxygens (including phenoxy) is 2. The van der Waals surface area contributed by atoms with Gasteiger partial charge >= 0.3 is 0 Å². The van der Waals surface area contributed by atoms with Gasteiger partial charge in [0.05, 0.1) is 25.4 Å². The number of nitrogens with one attached hydrogen (secondary N) is 1. The number of carbonyl (C=O) groups excluding carboxylic acids is 1. The summed E-state index contributed by atoms with van der Waals surface area (Å²) in [5.74, 6) is -0.150. The Morgan fingerprint density at radius 2 is 0.983 bits per heavy atom. The zero-order valence-electron chi connectivity index (χ0n) is 39.0. The summed E-state index contributed by atoms with van der Waals surface area (Å²) in [5, 5.41) is 54.5. The van der Waals surface area contributed by atoms with Crippen molar-refractivity contribution >= 4 is 5.91 Å². The van der Waals surface area contributed by atoms with Gasteiger partial charge in [0.25, 0.3) is 0 Å². The molecule has 0 radical (unpaired) electrons. The molecule has 0 aliphatic carbocycles. The predicted octanol–water partition coefficient (Wildman–Crippen LogP) is 11.5. The molecule has 1 amide bonds. The lowest BCUT2D eigenvalue weighted by Gasteiger charge is -2.40. The van der Waals surface area contributed by atoms with Crippen molar-refractivity contribution in [3.05, 3.63) is 24.3 Å². The summed E-state index contributed by atoms with van der Waals surface area (Å²) >= 11 is 0. The van der Waals surface area contributed by atoms with E-state index in [4.69, 9.17) is 9.47 Å². The molecule has 0 aromatic carbocycles. The van der Waals surface area contributed by atoms with Crippen molar-refractivity contribution in [2.75, 3.05) is 13.2 Å². The Hall–Kier alpha value is -1.33. The Bertz CT molecular complexity index is 992. The number of aliphatic hydroxyl groups excluding tert-OH is 5. The highest BCUT2D eigenvalue weighted by molar-refractivity contribution is 5.76. The van der Waals surface area contributed by atoms with E-state index in [1.807, 2.05) is 0 Å². The molecule has 0 saturated carbocycles. The molecule has 1 rings (SSSR count). The molecular formula is C51H97NO8. The Kier molecular flexibility index (Phi) is 39.4. The maximum atomic E-state index is 13.0. The quantitative estimate of drug-likeness (QED) is 0.0262. The fraction of sp³-hybridized carbons (Fsp3) is 0.902. The van der Waals surface area contributed by atoms with Crippen LogP contribution in [0.2, 0.25) is 0 Å². The topological polar surface area (TPSA) is 149 Å². The summed E-state index contributed by atoms with van der Waals surface area (Å²) < 4.78 is 11.3. The minimum Gasteiger partial charge on any atom is -0.394 e. The molecule has 0 aromatic rings. The molecule has 7 atom stereocenters.